The molecule has 0 saturated heterocycles. The van der Waals surface area contributed by atoms with Crippen molar-refractivity contribution in [1.29, 1.82) is 0 Å². The first-order valence-corrected chi connectivity index (χ1v) is 7.46. The summed E-state index contributed by atoms with van der Waals surface area (Å²) < 4.78 is 4.68. The molecule has 0 spiro atoms. The van der Waals surface area contributed by atoms with Gasteiger partial charge in [0.1, 0.15) is 6.61 Å². The molecule has 1 radical (unpaired) electrons. The molecule has 0 aromatic carbocycles. The topological polar surface area (TPSA) is 63.3 Å². The number of esters is 1. The Kier molecular flexibility index (Phi) is 12.9. The highest BCUT2D eigenvalue weighted by Gasteiger charge is 2.06. The Morgan fingerprint density at radius 1 is 0.842 bits per heavy atom. The normalized spacial score (nSPS) is 10.4. The fraction of sp³-hybridized carbons (Fsp3) is 0.867. The van der Waals surface area contributed by atoms with E-state index in [1.165, 1.54) is 38.5 Å². The Morgan fingerprint density at radius 3 is 1.89 bits per heavy atom. The minimum absolute atomic E-state index is 0.349. The SMILES string of the molecule is CCCCCCCCCCCC(=O)OCC(=O)C[O]. The number of unbranched alkanes of at least 4 members (excludes halogenated alkanes) is 8. The van der Waals surface area contributed by atoms with E-state index in [4.69, 9.17) is 0 Å². The lowest BCUT2D eigenvalue weighted by atomic mass is 10.1. The molecule has 0 aliphatic heterocycles. The van der Waals surface area contributed by atoms with Crippen LogP contribution in [0.4, 0.5) is 0 Å². The maximum Gasteiger partial charge on any atom is 0.306 e. The minimum Gasteiger partial charge on any atom is -0.458 e. The van der Waals surface area contributed by atoms with Crippen molar-refractivity contribution in [3.05, 3.63) is 0 Å². The fourth-order valence-corrected chi connectivity index (χ4v) is 1.85. The standard InChI is InChI=1S/C15H27O4/c1-2-3-4-5-6-7-8-9-10-11-15(18)19-13-14(17)12-16/h2-13H2,1H3. The monoisotopic (exact) mass is 271 g/mol. The number of ketones is 1. The van der Waals surface area contributed by atoms with Gasteiger partial charge in [-0.15, -0.1) is 0 Å². The van der Waals surface area contributed by atoms with Gasteiger partial charge in [0.15, 0.2) is 12.4 Å². The molecule has 0 aliphatic rings. The van der Waals surface area contributed by atoms with Gasteiger partial charge in [-0.25, -0.2) is 5.11 Å². The van der Waals surface area contributed by atoms with Crippen LogP contribution in [-0.4, -0.2) is 25.0 Å². The summed E-state index contributed by atoms with van der Waals surface area (Å²) in [6.45, 7) is 1.04. The Hall–Kier alpha value is -0.900. The summed E-state index contributed by atoms with van der Waals surface area (Å²) in [6, 6.07) is 0. The zero-order chi connectivity index (χ0) is 14.3. The lowest BCUT2D eigenvalue weighted by Crippen LogP contribution is -2.15. The summed E-state index contributed by atoms with van der Waals surface area (Å²) in [4.78, 5) is 21.8. The second-order valence-electron chi connectivity index (χ2n) is 4.92. The van der Waals surface area contributed by atoms with E-state index in [-0.39, 0.29) is 12.6 Å². The van der Waals surface area contributed by atoms with Crippen LogP contribution < -0.4 is 0 Å². The largest absolute Gasteiger partial charge is 0.458 e. The van der Waals surface area contributed by atoms with Crippen molar-refractivity contribution in [2.24, 2.45) is 0 Å². The highest BCUT2D eigenvalue weighted by Crippen LogP contribution is 2.10. The van der Waals surface area contributed by atoms with Gasteiger partial charge in [-0.2, -0.15) is 0 Å². The van der Waals surface area contributed by atoms with Crippen LogP contribution in [0.15, 0.2) is 0 Å². The summed E-state index contributed by atoms with van der Waals surface area (Å²) in [5, 5.41) is 10.1. The fourth-order valence-electron chi connectivity index (χ4n) is 1.85. The van der Waals surface area contributed by atoms with Crippen LogP contribution in [0.25, 0.3) is 0 Å². The van der Waals surface area contributed by atoms with Crippen LogP contribution in [0.5, 0.6) is 0 Å². The van der Waals surface area contributed by atoms with E-state index in [2.05, 4.69) is 11.7 Å². The first-order chi connectivity index (χ1) is 9.20. The molecular weight excluding hydrogens is 244 g/mol. The van der Waals surface area contributed by atoms with Crippen LogP contribution in [0, 0.1) is 0 Å². The first kappa shape index (κ1) is 18.1. The summed E-state index contributed by atoms with van der Waals surface area (Å²) >= 11 is 0. The third-order valence-electron chi connectivity index (χ3n) is 3.04. The first-order valence-electron chi connectivity index (χ1n) is 7.46. The van der Waals surface area contributed by atoms with Crippen molar-refractivity contribution >= 4 is 11.8 Å². The Balaban J connectivity index is 3.21. The maximum atomic E-state index is 11.2. The van der Waals surface area contributed by atoms with Gasteiger partial charge in [0.25, 0.3) is 0 Å². The number of ether oxygens (including phenoxy) is 1. The molecule has 0 aromatic rings. The van der Waals surface area contributed by atoms with Crippen molar-refractivity contribution in [3.63, 3.8) is 0 Å². The zero-order valence-corrected chi connectivity index (χ0v) is 12.1. The van der Waals surface area contributed by atoms with Crippen molar-refractivity contribution < 1.29 is 19.4 Å². The summed E-state index contributed by atoms with van der Waals surface area (Å²) in [5.41, 5.74) is 0. The van der Waals surface area contributed by atoms with Gasteiger partial charge in [0, 0.05) is 6.42 Å². The number of Topliss-reactive ketones (excluding diaryl/α,β-unsaturated/α-hetero) is 1. The molecule has 0 rings (SSSR count). The molecule has 111 valence electrons. The summed E-state index contributed by atoms with van der Waals surface area (Å²) in [7, 11) is 0. The van der Waals surface area contributed by atoms with E-state index in [0.29, 0.717) is 6.42 Å². The van der Waals surface area contributed by atoms with Gasteiger partial charge < -0.3 is 4.74 Å². The van der Waals surface area contributed by atoms with E-state index < -0.39 is 12.4 Å². The predicted octanol–water partition coefficient (Wildman–Crippen LogP) is 3.45. The summed E-state index contributed by atoms with van der Waals surface area (Å²) in [5.74, 6) is -0.940. The second-order valence-corrected chi connectivity index (χ2v) is 4.92. The van der Waals surface area contributed by atoms with E-state index in [1.807, 2.05) is 0 Å². The molecule has 0 N–H and O–H groups in total. The van der Waals surface area contributed by atoms with Crippen molar-refractivity contribution in [3.8, 4) is 0 Å². The van der Waals surface area contributed by atoms with Gasteiger partial charge in [-0.3, -0.25) is 9.59 Å². The van der Waals surface area contributed by atoms with Crippen LogP contribution in [0.2, 0.25) is 0 Å². The Labute approximate surface area is 116 Å². The number of carbonyl (C=O) groups excluding carboxylic acids is 2. The molecule has 19 heavy (non-hydrogen) atoms. The van der Waals surface area contributed by atoms with Crippen molar-refractivity contribution in [2.75, 3.05) is 13.2 Å². The Morgan fingerprint density at radius 2 is 1.37 bits per heavy atom. The van der Waals surface area contributed by atoms with E-state index >= 15 is 0 Å². The number of carbonyl (C=O) groups is 2. The predicted molar refractivity (Wildman–Crippen MR) is 73.4 cm³/mol. The summed E-state index contributed by atoms with van der Waals surface area (Å²) in [6.07, 6.45) is 11.1. The van der Waals surface area contributed by atoms with Crippen molar-refractivity contribution in [2.45, 2.75) is 71.1 Å². The van der Waals surface area contributed by atoms with Gasteiger partial charge >= 0.3 is 5.97 Å². The molecular formula is C15H27O4. The third-order valence-corrected chi connectivity index (χ3v) is 3.04. The Bertz CT molecular complexity index is 238. The molecule has 4 nitrogen and oxygen atoms in total. The number of rotatable bonds is 13. The molecule has 0 saturated carbocycles. The van der Waals surface area contributed by atoms with Crippen LogP contribution in [0.3, 0.4) is 0 Å². The smallest absolute Gasteiger partial charge is 0.306 e. The molecule has 0 unspecified atom stereocenters. The number of hydrogen-bond acceptors (Lipinski definition) is 3. The molecule has 4 heteroatoms. The quantitative estimate of drug-likeness (QED) is 0.380. The van der Waals surface area contributed by atoms with Crippen LogP contribution in [-0.2, 0) is 19.4 Å². The lowest BCUT2D eigenvalue weighted by molar-refractivity contribution is -0.149. The minimum atomic E-state index is -0.814. The van der Waals surface area contributed by atoms with Gasteiger partial charge in [-0.05, 0) is 6.42 Å². The van der Waals surface area contributed by atoms with Gasteiger partial charge in [0.2, 0.25) is 0 Å². The third kappa shape index (κ3) is 13.3. The second kappa shape index (κ2) is 13.5. The molecule has 0 atom stereocenters. The molecule has 0 heterocycles. The van der Waals surface area contributed by atoms with E-state index in [9.17, 15) is 14.7 Å². The molecule has 0 amide bonds. The average Bonchev–Trinajstić information content (AvgIpc) is 2.42. The molecule has 0 aromatic heterocycles. The highest BCUT2D eigenvalue weighted by atomic mass is 16.5. The van der Waals surface area contributed by atoms with Gasteiger partial charge in [-0.1, -0.05) is 58.3 Å². The van der Waals surface area contributed by atoms with E-state index in [1.54, 1.807) is 0 Å². The molecule has 0 fully saturated rings. The lowest BCUT2D eigenvalue weighted by Gasteiger charge is -2.03. The number of hydrogen-bond donors (Lipinski definition) is 0. The molecule has 0 bridgehead atoms. The zero-order valence-electron chi connectivity index (χ0n) is 12.1. The van der Waals surface area contributed by atoms with E-state index in [0.717, 1.165) is 19.3 Å². The van der Waals surface area contributed by atoms with Gasteiger partial charge in [0.05, 0.1) is 0 Å². The van der Waals surface area contributed by atoms with Crippen molar-refractivity contribution in [1.82, 2.24) is 0 Å². The highest BCUT2D eigenvalue weighted by molar-refractivity contribution is 5.83. The van der Waals surface area contributed by atoms with Crippen LogP contribution >= 0.6 is 0 Å². The maximum absolute atomic E-state index is 11.2. The molecule has 0 aliphatic carbocycles. The average molecular weight is 271 g/mol. The van der Waals surface area contributed by atoms with Crippen LogP contribution in [0.1, 0.15) is 71.1 Å².